The predicted octanol–water partition coefficient (Wildman–Crippen LogP) is 1.52. The average molecular weight is 383 g/mol. The molecule has 2 aliphatic heterocycles. The van der Waals surface area contributed by atoms with Gasteiger partial charge in [0.2, 0.25) is 0 Å². The molecule has 1 aromatic carbocycles. The molecular formula is C22H25NO5. The number of piperidine rings is 1. The van der Waals surface area contributed by atoms with Crippen LogP contribution in [-0.4, -0.2) is 59.0 Å². The summed E-state index contributed by atoms with van der Waals surface area (Å²) in [5.41, 5.74) is 0.0764. The number of esters is 1. The van der Waals surface area contributed by atoms with Crippen molar-refractivity contribution in [2.75, 3.05) is 20.2 Å². The lowest BCUT2D eigenvalue weighted by molar-refractivity contribution is -0.213. The third-order valence-corrected chi connectivity index (χ3v) is 8.32. The third kappa shape index (κ3) is 1.52. The highest BCUT2D eigenvalue weighted by atomic mass is 16.5. The molecule has 2 spiro atoms. The highest BCUT2D eigenvalue weighted by Gasteiger charge is 2.79. The van der Waals surface area contributed by atoms with Crippen LogP contribution in [0.3, 0.4) is 0 Å². The Hall–Kier alpha value is -2.05. The van der Waals surface area contributed by atoms with E-state index in [1.54, 1.807) is 19.1 Å². The van der Waals surface area contributed by atoms with Crippen LogP contribution in [0, 0.1) is 11.3 Å². The molecule has 0 aromatic heterocycles. The SMILES string of the molecule is CCOC(=O)[C@H]1C[C@@]23C=C[C@@]1(O)[C@H]1Oc4c(O)ccc5c4[C@@]12CCN(C)[C@H]3C5. The summed E-state index contributed by atoms with van der Waals surface area (Å²) in [7, 11) is 2.14. The highest BCUT2D eigenvalue weighted by Crippen LogP contribution is 2.74. The topological polar surface area (TPSA) is 79.2 Å². The minimum absolute atomic E-state index is 0.116. The quantitative estimate of drug-likeness (QED) is 0.596. The van der Waals surface area contributed by atoms with E-state index in [0.717, 1.165) is 24.9 Å². The molecule has 2 N–H and O–H groups in total. The van der Waals surface area contributed by atoms with Crippen LogP contribution in [0.5, 0.6) is 11.5 Å². The Morgan fingerprint density at radius 1 is 1.39 bits per heavy atom. The van der Waals surface area contributed by atoms with Crippen molar-refractivity contribution in [1.82, 2.24) is 4.90 Å². The van der Waals surface area contributed by atoms with Gasteiger partial charge in [-0.05, 0) is 51.4 Å². The van der Waals surface area contributed by atoms with E-state index in [0.29, 0.717) is 12.2 Å². The number of fused-ring (bicyclic) bond motifs is 1. The second kappa shape index (κ2) is 4.92. The number of aromatic hydroxyl groups is 1. The normalized spacial score (nSPS) is 44.2. The number of rotatable bonds is 2. The number of likely N-dealkylation sites (tertiary alicyclic amines) is 1. The van der Waals surface area contributed by atoms with E-state index in [1.165, 1.54) is 5.56 Å². The predicted molar refractivity (Wildman–Crippen MR) is 100 cm³/mol. The first-order valence-electron chi connectivity index (χ1n) is 10.2. The maximum Gasteiger partial charge on any atom is 0.312 e. The standard InChI is InChI=1S/C22H25NO5/c1-3-27-18(25)13-11-20-6-7-22(13,26)19-21(20)8-9-23(2)15(20)10-12-4-5-14(24)17(28-19)16(12)21/h4-7,13,15,19,24,26H,3,8-11H2,1-2H3/t13-,15+,19+,20-,21+,22+/m1/s1. The van der Waals surface area contributed by atoms with Crippen molar-refractivity contribution >= 4 is 5.97 Å². The van der Waals surface area contributed by atoms with Crippen LogP contribution in [0.4, 0.5) is 0 Å². The number of carbonyl (C=O) groups excluding carboxylic acids is 1. The fourth-order valence-electron chi connectivity index (χ4n) is 7.27. The van der Waals surface area contributed by atoms with Gasteiger partial charge in [-0.3, -0.25) is 4.79 Å². The van der Waals surface area contributed by atoms with E-state index >= 15 is 0 Å². The van der Waals surface area contributed by atoms with E-state index in [2.05, 4.69) is 18.0 Å². The van der Waals surface area contributed by atoms with Crippen LogP contribution in [-0.2, 0) is 21.4 Å². The molecule has 1 saturated carbocycles. The molecule has 6 nitrogen and oxygen atoms in total. The summed E-state index contributed by atoms with van der Waals surface area (Å²) in [5.74, 6) is -0.409. The lowest BCUT2D eigenvalue weighted by Gasteiger charge is -2.70. The number of likely N-dealkylation sites (N-methyl/N-ethyl adjacent to an activating group) is 1. The second-order valence-electron chi connectivity index (χ2n) is 9.14. The first-order valence-corrected chi connectivity index (χ1v) is 10.2. The molecule has 4 aliphatic carbocycles. The molecule has 1 aromatic rings. The summed E-state index contributed by atoms with van der Waals surface area (Å²) < 4.78 is 11.7. The lowest BCUT2D eigenvalue weighted by atomic mass is 9.37. The van der Waals surface area contributed by atoms with E-state index in [9.17, 15) is 15.0 Å². The molecule has 6 atom stereocenters. The Balaban J connectivity index is 1.65. The van der Waals surface area contributed by atoms with Gasteiger partial charge in [-0.15, -0.1) is 0 Å². The maximum atomic E-state index is 12.9. The van der Waals surface area contributed by atoms with Crippen molar-refractivity contribution < 1.29 is 24.5 Å². The Morgan fingerprint density at radius 3 is 3.00 bits per heavy atom. The van der Waals surface area contributed by atoms with Gasteiger partial charge in [0, 0.05) is 17.0 Å². The second-order valence-corrected chi connectivity index (χ2v) is 9.14. The van der Waals surface area contributed by atoms with Gasteiger partial charge in [0.1, 0.15) is 11.7 Å². The summed E-state index contributed by atoms with van der Waals surface area (Å²) in [6, 6.07) is 3.91. The number of hydrogen-bond donors (Lipinski definition) is 2. The summed E-state index contributed by atoms with van der Waals surface area (Å²) in [6.45, 7) is 2.97. The Morgan fingerprint density at radius 2 is 2.21 bits per heavy atom. The molecule has 0 radical (unpaired) electrons. The van der Waals surface area contributed by atoms with Crippen molar-refractivity contribution in [2.24, 2.45) is 11.3 Å². The van der Waals surface area contributed by atoms with Crippen LogP contribution in [0.25, 0.3) is 0 Å². The molecule has 1 saturated heterocycles. The molecular weight excluding hydrogens is 358 g/mol. The van der Waals surface area contributed by atoms with Crippen molar-refractivity contribution in [1.29, 1.82) is 0 Å². The first kappa shape index (κ1) is 16.9. The Labute approximate surface area is 163 Å². The number of ether oxygens (including phenoxy) is 2. The van der Waals surface area contributed by atoms with Gasteiger partial charge in [0.15, 0.2) is 11.5 Å². The molecule has 7 rings (SSSR count). The number of nitrogens with zero attached hydrogens (tertiary/aromatic N) is 1. The van der Waals surface area contributed by atoms with Crippen molar-refractivity contribution in [3.8, 4) is 11.5 Å². The molecule has 4 bridgehead atoms. The summed E-state index contributed by atoms with van der Waals surface area (Å²) in [5, 5.41) is 22.4. The molecule has 0 unspecified atom stereocenters. The van der Waals surface area contributed by atoms with Gasteiger partial charge < -0.3 is 24.6 Å². The molecule has 28 heavy (non-hydrogen) atoms. The molecule has 6 heteroatoms. The zero-order chi connectivity index (χ0) is 19.5. The van der Waals surface area contributed by atoms with Crippen LogP contribution < -0.4 is 4.74 Å². The summed E-state index contributed by atoms with van der Waals surface area (Å²) in [6.07, 6.45) is 5.58. The van der Waals surface area contributed by atoms with Crippen LogP contribution >= 0.6 is 0 Å². The Kier molecular flexibility index (Phi) is 2.96. The monoisotopic (exact) mass is 383 g/mol. The van der Waals surface area contributed by atoms with Gasteiger partial charge in [0.25, 0.3) is 0 Å². The van der Waals surface area contributed by atoms with E-state index < -0.39 is 23.0 Å². The Bertz CT molecular complexity index is 943. The minimum Gasteiger partial charge on any atom is -0.504 e. The average Bonchev–Trinajstić information content (AvgIpc) is 3.04. The largest absolute Gasteiger partial charge is 0.504 e. The number of hydrogen-bond acceptors (Lipinski definition) is 6. The molecule has 2 heterocycles. The smallest absolute Gasteiger partial charge is 0.312 e. The number of phenols is 1. The van der Waals surface area contributed by atoms with Gasteiger partial charge in [-0.2, -0.15) is 0 Å². The van der Waals surface area contributed by atoms with Crippen molar-refractivity contribution in [2.45, 2.75) is 49.3 Å². The fraction of sp³-hybridized carbons (Fsp3) is 0.591. The molecule has 6 aliphatic rings. The van der Waals surface area contributed by atoms with Crippen LogP contribution in [0.15, 0.2) is 24.3 Å². The molecule has 0 amide bonds. The van der Waals surface area contributed by atoms with E-state index in [4.69, 9.17) is 9.47 Å². The summed E-state index contributed by atoms with van der Waals surface area (Å²) in [4.78, 5) is 15.2. The third-order valence-electron chi connectivity index (χ3n) is 8.32. The van der Waals surface area contributed by atoms with Crippen LogP contribution in [0.2, 0.25) is 0 Å². The van der Waals surface area contributed by atoms with Gasteiger partial charge in [0.05, 0.1) is 17.9 Å². The number of carbonyl (C=O) groups is 1. The van der Waals surface area contributed by atoms with Gasteiger partial charge in [-0.25, -0.2) is 0 Å². The van der Waals surface area contributed by atoms with Crippen molar-refractivity contribution in [3.05, 3.63) is 35.4 Å². The zero-order valence-electron chi connectivity index (χ0n) is 16.1. The number of phenolic OH excluding ortho intramolecular Hbond substituents is 1. The number of benzene rings is 1. The number of aliphatic hydroxyl groups is 1. The fourth-order valence-corrected chi connectivity index (χ4v) is 7.27. The van der Waals surface area contributed by atoms with Crippen molar-refractivity contribution in [3.63, 3.8) is 0 Å². The molecule has 2 fully saturated rings. The van der Waals surface area contributed by atoms with E-state index in [-0.39, 0.29) is 29.8 Å². The van der Waals surface area contributed by atoms with Crippen LogP contribution in [0.1, 0.15) is 30.9 Å². The van der Waals surface area contributed by atoms with Gasteiger partial charge in [-0.1, -0.05) is 18.2 Å². The lowest BCUT2D eigenvalue weighted by Crippen LogP contribution is -2.79. The van der Waals surface area contributed by atoms with E-state index in [1.807, 2.05) is 6.07 Å². The zero-order valence-corrected chi connectivity index (χ0v) is 16.1. The summed E-state index contributed by atoms with van der Waals surface area (Å²) >= 11 is 0. The highest BCUT2D eigenvalue weighted by molar-refractivity contribution is 5.78. The first-order chi connectivity index (χ1) is 13.4. The maximum absolute atomic E-state index is 12.9. The minimum atomic E-state index is -1.44. The molecule has 148 valence electrons. The van der Waals surface area contributed by atoms with Gasteiger partial charge >= 0.3 is 5.97 Å².